The van der Waals surface area contributed by atoms with Crippen molar-refractivity contribution in [1.82, 2.24) is 14.5 Å². The highest BCUT2D eigenvalue weighted by Gasteiger charge is 2.32. The first-order valence-corrected chi connectivity index (χ1v) is 13.0. The van der Waals surface area contributed by atoms with Crippen molar-refractivity contribution in [3.05, 3.63) is 66.0 Å². The van der Waals surface area contributed by atoms with Crippen molar-refractivity contribution in [2.24, 2.45) is 0 Å². The molecule has 192 valence electrons. The van der Waals surface area contributed by atoms with E-state index in [1.165, 1.54) is 31.1 Å². The predicted octanol–water partition coefficient (Wildman–Crippen LogP) is 2.81. The zero-order chi connectivity index (χ0) is 26.2. The molecule has 0 fully saturated rings. The number of hydrogen-bond acceptors (Lipinski definition) is 4. The molecule has 0 aromatic heterocycles. The van der Waals surface area contributed by atoms with E-state index in [0.29, 0.717) is 6.42 Å². The molecule has 0 unspecified atom stereocenters. The third kappa shape index (κ3) is 7.76. The van der Waals surface area contributed by atoms with Crippen LogP contribution in [-0.4, -0.2) is 68.7 Å². The molecule has 0 bridgehead atoms. The highest BCUT2D eigenvalue weighted by molar-refractivity contribution is 7.90. The Balaban J connectivity index is 2.36. The van der Waals surface area contributed by atoms with Crippen molar-refractivity contribution in [2.75, 3.05) is 31.5 Å². The lowest BCUT2D eigenvalue weighted by atomic mass is 10.1. The van der Waals surface area contributed by atoms with Crippen molar-refractivity contribution in [3.8, 4) is 0 Å². The van der Waals surface area contributed by atoms with Crippen LogP contribution >= 0.6 is 0 Å². The molecule has 2 atom stereocenters. The van der Waals surface area contributed by atoms with Crippen LogP contribution in [0.15, 0.2) is 54.6 Å². The van der Waals surface area contributed by atoms with Crippen LogP contribution in [0.1, 0.15) is 32.8 Å². The Morgan fingerprint density at radius 2 is 1.60 bits per heavy atom. The van der Waals surface area contributed by atoms with Gasteiger partial charge in [-0.2, -0.15) is 12.7 Å². The van der Waals surface area contributed by atoms with Gasteiger partial charge >= 0.3 is 10.2 Å². The van der Waals surface area contributed by atoms with E-state index < -0.39 is 34.5 Å². The average molecular weight is 507 g/mol. The van der Waals surface area contributed by atoms with Gasteiger partial charge in [0.25, 0.3) is 0 Å². The second-order valence-corrected chi connectivity index (χ2v) is 10.7. The summed E-state index contributed by atoms with van der Waals surface area (Å²) in [5, 5.41) is 2.89. The van der Waals surface area contributed by atoms with Crippen LogP contribution in [0.4, 0.5) is 10.1 Å². The summed E-state index contributed by atoms with van der Waals surface area (Å²) in [4.78, 5) is 27.8. The quantitative estimate of drug-likeness (QED) is 0.479. The van der Waals surface area contributed by atoms with E-state index in [2.05, 4.69) is 5.32 Å². The number of halogens is 1. The summed E-state index contributed by atoms with van der Waals surface area (Å²) in [7, 11) is -1.37. The first-order valence-electron chi connectivity index (χ1n) is 11.6. The van der Waals surface area contributed by atoms with Gasteiger partial charge in [0.05, 0.1) is 5.69 Å². The maximum Gasteiger partial charge on any atom is 0.304 e. The van der Waals surface area contributed by atoms with Crippen molar-refractivity contribution in [2.45, 2.75) is 45.7 Å². The molecule has 2 rings (SSSR count). The van der Waals surface area contributed by atoms with E-state index in [9.17, 15) is 22.4 Å². The maximum absolute atomic E-state index is 13.5. The Hall–Kier alpha value is -2.98. The van der Waals surface area contributed by atoms with Gasteiger partial charge in [-0.1, -0.05) is 37.3 Å². The fourth-order valence-corrected chi connectivity index (χ4v) is 4.42. The highest BCUT2D eigenvalue weighted by atomic mass is 32.2. The molecular weight excluding hydrogens is 471 g/mol. The standard InChI is InChI=1S/C25H35FN4O4S/c1-6-19(2)27-25(32)20(3)29(17-16-21-10-8-7-9-11-21)24(31)18-30(35(33,34)28(4)5)23-14-12-22(26)13-15-23/h7-15,19-20H,6,16-18H2,1-5H3,(H,27,32)/t19-,20-/m0/s1. The van der Waals surface area contributed by atoms with Crippen LogP contribution in [0.25, 0.3) is 0 Å². The summed E-state index contributed by atoms with van der Waals surface area (Å²) in [6.07, 6.45) is 1.22. The molecule has 0 spiro atoms. The average Bonchev–Trinajstić information content (AvgIpc) is 2.83. The van der Waals surface area contributed by atoms with Crippen LogP contribution in [0.5, 0.6) is 0 Å². The van der Waals surface area contributed by atoms with Gasteiger partial charge in [-0.3, -0.25) is 9.59 Å². The molecule has 2 amide bonds. The van der Waals surface area contributed by atoms with Crippen LogP contribution in [0.3, 0.4) is 0 Å². The Morgan fingerprint density at radius 1 is 1.00 bits per heavy atom. The molecule has 0 heterocycles. The largest absolute Gasteiger partial charge is 0.352 e. The van der Waals surface area contributed by atoms with Gasteiger partial charge in [-0.25, -0.2) is 8.70 Å². The van der Waals surface area contributed by atoms with E-state index >= 15 is 0 Å². The number of hydrogen-bond donors (Lipinski definition) is 1. The second kappa shape index (κ2) is 12.6. The monoisotopic (exact) mass is 506 g/mol. The lowest BCUT2D eigenvalue weighted by Crippen LogP contribution is -2.54. The zero-order valence-corrected chi connectivity index (χ0v) is 21.8. The molecule has 2 aromatic carbocycles. The van der Waals surface area contributed by atoms with E-state index in [1.54, 1.807) is 6.92 Å². The van der Waals surface area contributed by atoms with Gasteiger partial charge in [0, 0.05) is 26.7 Å². The molecule has 0 aliphatic heterocycles. The predicted molar refractivity (Wildman–Crippen MR) is 136 cm³/mol. The third-order valence-electron chi connectivity index (χ3n) is 5.79. The van der Waals surface area contributed by atoms with Gasteiger partial charge in [0.1, 0.15) is 18.4 Å². The second-order valence-electron chi connectivity index (χ2n) is 8.59. The molecule has 0 radical (unpaired) electrons. The molecule has 2 aromatic rings. The molecule has 8 nitrogen and oxygen atoms in total. The molecule has 35 heavy (non-hydrogen) atoms. The minimum Gasteiger partial charge on any atom is -0.352 e. The number of rotatable bonds is 12. The van der Waals surface area contributed by atoms with Gasteiger partial charge < -0.3 is 10.2 Å². The number of carbonyl (C=O) groups excluding carboxylic acids is 2. The summed E-state index contributed by atoms with van der Waals surface area (Å²) in [5.74, 6) is -1.38. The van der Waals surface area contributed by atoms with Crippen LogP contribution in [-0.2, 0) is 26.2 Å². The van der Waals surface area contributed by atoms with Crippen LogP contribution in [0, 0.1) is 5.82 Å². The highest BCUT2D eigenvalue weighted by Crippen LogP contribution is 2.21. The van der Waals surface area contributed by atoms with Gasteiger partial charge in [-0.15, -0.1) is 0 Å². The normalized spacial score (nSPS) is 13.2. The van der Waals surface area contributed by atoms with Crippen molar-refractivity contribution < 1.29 is 22.4 Å². The number of anilines is 1. The summed E-state index contributed by atoms with van der Waals surface area (Å²) >= 11 is 0. The molecular formula is C25H35FN4O4S. The lowest BCUT2D eigenvalue weighted by Gasteiger charge is -2.33. The Morgan fingerprint density at radius 3 is 2.14 bits per heavy atom. The molecule has 1 N–H and O–H groups in total. The Bertz CT molecular complexity index is 1080. The van der Waals surface area contributed by atoms with Crippen molar-refractivity contribution >= 4 is 27.7 Å². The summed E-state index contributed by atoms with van der Waals surface area (Å²) in [6.45, 7) is 5.13. The number of nitrogens with one attached hydrogen (secondary N) is 1. The number of carbonyl (C=O) groups is 2. The summed E-state index contributed by atoms with van der Waals surface area (Å²) in [5.41, 5.74) is 1.13. The smallest absolute Gasteiger partial charge is 0.304 e. The summed E-state index contributed by atoms with van der Waals surface area (Å²) < 4.78 is 41.5. The fourth-order valence-electron chi connectivity index (χ4n) is 3.36. The fraction of sp³-hybridized carbons (Fsp3) is 0.440. The number of benzene rings is 2. The molecule has 0 saturated carbocycles. The van der Waals surface area contributed by atoms with Gasteiger partial charge in [0.2, 0.25) is 11.8 Å². The van der Waals surface area contributed by atoms with Crippen molar-refractivity contribution in [1.29, 1.82) is 0 Å². The first-order chi connectivity index (χ1) is 16.5. The topological polar surface area (TPSA) is 90.0 Å². The molecule has 10 heteroatoms. The maximum atomic E-state index is 13.5. The minimum atomic E-state index is -4.07. The summed E-state index contributed by atoms with van der Waals surface area (Å²) in [6, 6.07) is 13.5. The SMILES string of the molecule is CC[C@H](C)NC(=O)[C@H](C)N(CCc1ccccc1)C(=O)CN(c1ccc(F)cc1)S(=O)(=O)N(C)C. The van der Waals surface area contributed by atoms with E-state index in [1.807, 2.05) is 44.2 Å². The molecule has 0 aliphatic carbocycles. The van der Waals surface area contributed by atoms with Gasteiger partial charge in [-0.05, 0) is 56.5 Å². The number of nitrogens with zero attached hydrogens (tertiary/aromatic N) is 3. The van der Waals surface area contributed by atoms with E-state index in [0.717, 1.165) is 32.7 Å². The zero-order valence-electron chi connectivity index (χ0n) is 20.9. The van der Waals surface area contributed by atoms with E-state index in [-0.39, 0.29) is 24.2 Å². The Labute approximate surface area is 207 Å². The third-order valence-corrected chi connectivity index (χ3v) is 7.61. The number of amides is 2. The molecule has 0 aliphatic rings. The van der Waals surface area contributed by atoms with E-state index in [4.69, 9.17) is 0 Å². The van der Waals surface area contributed by atoms with Crippen LogP contribution in [0.2, 0.25) is 0 Å². The Kier molecular flexibility index (Phi) is 10.2. The molecule has 0 saturated heterocycles. The first kappa shape index (κ1) is 28.3. The minimum absolute atomic E-state index is 0.0687. The lowest BCUT2D eigenvalue weighted by molar-refractivity contribution is -0.139. The van der Waals surface area contributed by atoms with Gasteiger partial charge in [0.15, 0.2) is 0 Å². The van der Waals surface area contributed by atoms with Crippen LogP contribution < -0.4 is 9.62 Å². The van der Waals surface area contributed by atoms with Crippen molar-refractivity contribution in [3.63, 3.8) is 0 Å².